The van der Waals surface area contributed by atoms with Crippen LogP contribution in [0.5, 0.6) is 0 Å². The molecular weight excluding hydrogens is 160 g/mol. The molecule has 0 saturated carbocycles. The highest BCUT2D eigenvalue weighted by Crippen LogP contribution is 2.03. The van der Waals surface area contributed by atoms with Crippen molar-refractivity contribution in [2.75, 3.05) is 13.1 Å². The molecule has 0 aliphatic heterocycles. The van der Waals surface area contributed by atoms with Gasteiger partial charge in [-0.05, 0) is 19.9 Å². The number of hydrogen-bond acceptors (Lipinski definition) is 2. The molecule has 0 aliphatic rings. The Bertz CT molecular complexity index is 94.1. The van der Waals surface area contributed by atoms with E-state index in [9.17, 15) is 0 Å². The van der Waals surface area contributed by atoms with Crippen LogP contribution in [0.1, 0.15) is 52.4 Å². The molecule has 0 heterocycles. The topological polar surface area (TPSA) is 38.0 Å². The van der Waals surface area contributed by atoms with Gasteiger partial charge in [0, 0.05) is 12.6 Å². The quantitative estimate of drug-likeness (QED) is 0.542. The van der Waals surface area contributed by atoms with Gasteiger partial charge < -0.3 is 11.1 Å². The Kier molecular flexibility index (Phi) is 9.94. The average Bonchev–Trinajstić information content (AvgIpc) is 2.16. The first-order valence-corrected chi connectivity index (χ1v) is 5.74. The second-order valence-corrected chi connectivity index (χ2v) is 3.86. The largest absolute Gasteiger partial charge is 0.329 e. The standard InChI is InChI=1S/C11H26N2/c1-3-4-5-6-7-8-9-13-11(2)10-12/h11,13H,3-10,12H2,1-2H3/t11-/m0/s1. The molecular formula is C11H26N2. The van der Waals surface area contributed by atoms with Crippen LogP contribution in [-0.2, 0) is 0 Å². The Morgan fingerprint density at radius 2 is 1.69 bits per heavy atom. The molecule has 80 valence electrons. The van der Waals surface area contributed by atoms with Crippen LogP contribution in [0.4, 0.5) is 0 Å². The summed E-state index contributed by atoms with van der Waals surface area (Å²) >= 11 is 0. The van der Waals surface area contributed by atoms with Crippen molar-refractivity contribution in [1.29, 1.82) is 0 Å². The number of hydrogen-bond donors (Lipinski definition) is 2. The SMILES string of the molecule is CCCCCCCCN[C@@H](C)CN. The second kappa shape index (κ2) is 10.0. The average molecular weight is 186 g/mol. The molecule has 13 heavy (non-hydrogen) atoms. The molecule has 1 atom stereocenters. The Morgan fingerprint density at radius 1 is 1.08 bits per heavy atom. The number of unbranched alkanes of at least 4 members (excludes halogenated alkanes) is 5. The molecule has 0 aliphatic carbocycles. The van der Waals surface area contributed by atoms with Crippen molar-refractivity contribution in [3.05, 3.63) is 0 Å². The van der Waals surface area contributed by atoms with Gasteiger partial charge in [0.2, 0.25) is 0 Å². The van der Waals surface area contributed by atoms with Crippen molar-refractivity contribution in [2.24, 2.45) is 5.73 Å². The normalized spacial score (nSPS) is 13.2. The van der Waals surface area contributed by atoms with E-state index in [-0.39, 0.29) is 0 Å². The van der Waals surface area contributed by atoms with Gasteiger partial charge in [0.25, 0.3) is 0 Å². The predicted molar refractivity (Wildman–Crippen MR) is 59.9 cm³/mol. The molecule has 2 nitrogen and oxygen atoms in total. The lowest BCUT2D eigenvalue weighted by Gasteiger charge is -2.10. The van der Waals surface area contributed by atoms with E-state index in [1.807, 2.05) is 0 Å². The van der Waals surface area contributed by atoms with Crippen molar-refractivity contribution < 1.29 is 0 Å². The first-order valence-electron chi connectivity index (χ1n) is 5.74. The molecule has 0 fully saturated rings. The van der Waals surface area contributed by atoms with Crippen LogP contribution in [0.25, 0.3) is 0 Å². The van der Waals surface area contributed by atoms with Crippen molar-refractivity contribution in [3.8, 4) is 0 Å². The van der Waals surface area contributed by atoms with Gasteiger partial charge in [-0.15, -0.1) is 0 Å². The van der Waals surface area contributed by atoms with Crippen LogP contribution in [0, 0.1) is 0 Å². The monoisotopic (exact) mass is 186 g/mol. The second-order valence-electron chi connectivity index (χ2n) is 3.86. The Hall–Kier alpha value is -0.0800. The van der Waals surface area contributed by atoms with E-state index >= 15 is 0 Å². The minimum Gasteiger partial charge on any atom is -0.329 e. The third-order valence-corrected chi connectivity index (χ3v) is 2.38. The van der Waals surface area contributed by atoms with Crippen LogP contribution in [-0.4, -0.2) is 19.1 Å². The van der Waals surface area contributed by atoms with Crippen molar-refractivity contribution in [3.63, 3.8) is 0 Å². The van der Waals surface area contributed by atoms with Gasteiger partial charge in [0.15, 0.2) is 0 Å². The van der Waals surface area contributed by atoms with E-state index in [4.69, 9.17) is 5.73 Å². The minimum atomic E-state index is 0.482. The van der Waals surface area contributed by atoms with Gasteiger partial charge in [0.05, 0.1) is 0 Å². The van der Waals surface area contributed by atoms with E-state index in [0.29, 0.717) is 6.04 Å². The van der Waals surface area contributed by atoms with Crippen LogP contribution in [0.2, 0.25) is 0 Å². The Labute approximate surface area is 83.3 Å². The summed E-state index contributed by atoms with van der Waals surface area (Å²) in [6.45, 7) is 6.27. The molecule has 0 spiro atoms. The highest BCUT2D eigenvalue weighted by molar-refractivity contribution is 4.59. The molecule has 0 aromatic carbocycles. The summed E-state index contributed by atoms with van der Waals surface area (Å²) in [7, 11) is 0. The Balaban J connectivity index is 2.91. The van der Waals surface area contributed by atoms with Crippen LogP contribution in [0.15, 0.2) is 0 Å². The Morgan fingerprint density at radius 3 is 2.31 bits per heavy atom. The number of rotatable bonds is 9. The molecule has 0 bridgehead atoms. The maximum atomic E-state index is 5.49. The molecule has 0 saturated heterocycles. The zero-order valence-electron chi connectivity index (χ0n) is 9.31. The van der Waals surface area contributed by atoms with Gasteiger partial charge in [-0.2, -0.15) is 0 Å². The summed E-state index contributed by atoms with van der Waals surface area (Å²) in [5.74, 6) is 0. The minimum absolute atomic E-state index is 0.482. The van der Waals surface area contributed by atoms with Crippen LogP contribution in [0.3, 0.4) is 0 Å². The van der Waals surface area contributed by atoms with E-state index < -0.39 is 0 Å². The summed E-state index contributed by atoms with van der Waals surface area (Å²) in [5.41, 5.74) is 5.49. The third kappa shape index (κ3) is 9.84. The molecule has 0 rings (SSSR count). The maximum Gasteiger partial charge on any atom is 0.0161 e. The highest BCUT2D eigenvalue weighted by atomic mass is 14.9. The van der Waals surface area contributed by atoms with E-state index in [2.05, 4.69) is 19.2 Å². The van der Waals surface area contributed by atoms with Gasteiger partial charge in [-0.1, -0.05) is 39.0 Å². The molecule has 0 amide bonds. The smallest absolute Gasteiger partial charge is 0.0161 e. The molecule has 0 unspecified atom stereocenters. The van der Waals surface area contributed by atoms with Crippen molar-refractivity contribution in [1.82, 2.24) is 5.32 Å². The van der Waals surface area contributed by atoms with Gasteiger partial charge >= 0.3 is 0 Å². The number of nitrogens with two attached hydrogens (primary N) is 1. The fourth-order valence-electron chi connectivity index (χ4n) is 1.34. The van der Waals surface area contributed by atoms with E-state index in [0.717, 1.165) is 13.1 Å². The fourth-order valence-corrected chi connectivity index (χ4v) is 1.34. The lowest BCUT2D eigenvalue weighted by atomic mass is 10.1. The first-order chi connectivity index (χ1) is 6.31. The zero-order chi connectivity index (χ0) is 9.94. The lowest BCUT2D eigenvalue weighted by molar-refractivity contribution is 0.518. The summed E-state index contributed by atoms with van der Waals surface area (Å²) < 4.78 is 0. The zero-order valence-corrected chi connectivity index (χ0v) is 9.31. The summed E-state index contributed by atoms with van der Waals surface area (Å²) in [5, 5.41) is 3.40. The van der Waals surface area contributed by atoms with Crippen LogP contribution >= 0.6 is 0 Å². The van der Waals surface area contributed by atoms with Crippen molar-refractivity contribution >= 4 is 0 Å². The van der Waals surface area contributed by atoms with E-state index in [1.54, 1.807) is 0 Å². The third-order valence-electron chi connectivity index (χ3n) is 2.38. The van der Waals surface area contributed by atoms with Gasteiger partial charge in [-0.25, -0.2) is 0 Å². The summed E-state index contributed by atoms with van der Waals surface area (Å²) in [6.07, 6.45) is 8.20. The van der Waals surface area contributed by atoms with Gasteiger partial charge in [0.1, 0.15) is 0 Å². The van der Waals surface area contributed by atoms with Crippen molar-refractivity contribution in [2.45, 2.75) is 58.4 Å². The maximum absolute atomic E-state index is 5.49. The van der Waals surface area contributed by atoms with Crippen LogP contribution < -0.4 is 11.1 Å². The molecule has 3 N–H and O–H groups in total. The van der Waals surface area contributed by atoms with E-state index in [1.165, 1.54) is 38.5 Å². The molecule has 2 heteroatoms. The number of nitrogens with one attached hydrogen (secondary N) is 1. The van der Waals surface area contributed by atoms with Gasteiger partial charge in [-0.3, -0.25) is 0 Å². The fraction of sp³-hybridized carbons (Fsp3) is 1.00. The molecule has 0 aromatic rings. The molecule has 0 aromatic heterocycles. The molecule has 0 radical (unpaired) electrons. The highest BCUT2D eigenvalue weighted by Gasteiger charge is 1.95. The lowest BCUT2D eigenvalue weighted by Crippen LogP contribution is -2.33. The predicted octanol–water partition coefficient (Wildman–Crippen LogP) is 2.28. The summed E-state index contributed by atoms with van der Waals surface area (Å²) in [6, 6.07) is 0.482. The summed E-state index contributed by atoms with van der Waals surface area (Å²) in [4.78, 5) is 0. The first kappa shape index (κ1) is 12.9.